The number of dihydropyridines is 1. The van der Waals surface area contributed by atoms with E-state index in [0.717, 1.165) is 55.2 Å². The summed E-state index contributed by atoms with van der Waals surface area (Å²) < 4.78 is 0. The van der Waals surface area contributed by atoms with Crippen LogP contribution in [0.2, 0.25) is 0 Å². The van der Waals surface area contributed by atoms with Crippen molar-refractivity contribution in [2.75, 3.05) is 13.1 Å². The smallest absolute Gasteiger partial charge is 0.256 e. The fourth-order valence-corrected chi connectivity index (χ4v) is 6.22. The Bertz CT molecular complexity index is 846. The van der Waals surface area contributed by atoms with Crippen LogP contribution in [0.1, 0.15) is 52.4 Å². The Balaban J connectivity index is 1.29. The van der Waals surface area contributed by atoms with Gasteiger partial charge in [0.05, 0.1) is 17.8 Å². The van der Waals surface area contributed by atoms with E-state index in [0.29, 0.717) is 11.6 Å². The van der Waals surface area contributed by atoms with Gasteiger partial charge in [-0.3, -0.25) is 4.79 Å². The highest BCUT2D eigenvalue weighted by atomic mass is 16.1. The molecule has 168 valence electrons. The van der Waals surface area contributed by atoms with E-state index in [-0.39, 0.29) is 18.1 Å². The van der Waals surface area contributed by atoms with Crippen molar-refractivity contribution in [3.05, 3.63) is 46.8 Å². The van der Waals surface area contributed by atoms with Crippen molar-refractivity contribution >= 4 is 5.91 Å². The summed E-state index contributed by atoms with van der Waals surface area (Å²) in [5.74, 6) is 2.74. The first kappa shape index (κ1) is 20.8. The zero-order valence-electron chi connectivity index (χ0n) is 18.9. The Labute approximate surface area is 186 Å². The number of allylic oxidation sites excluding steroid dienone is 2. The highest BCUT2D eigenvalue weighted by molar-refractivity contribution is 5.97. The van der Waals surface area contributed by atoms with Crippen LogP contribution in [0, 0.1) is 11.8 Å². The van der Waals surface area contributed by atoms with Crippen molar-refractivity contribution < 1.29 is 4.79 Å². The number of hydrogen-bond acceptors (Lipinski definition) is 5. The summed E-state index contributed by atoms with van der Waals surface area (Å²) in [4.78, 5) is 15.3. The van der Waals surface area contributed by atoms with Gasteiger partial charge in [0.1, 0.15) is 5.82 Å². The Morgan fingerprint density at radius 3 is 2.68 bits per heavy atom. The molecule has 5 N–H and O–H groups in total. The quantitative estimate of drug-likeness (QED) is 0.510. The van der Waals surface area contributed by atoms with E-state index in [4.69, 9.17) is 5.73 Å². The molecule has 2 saturated carbocycles. The summed E-state index contributed by atoms with van der Waals surface area (Å²) in [5, 5.41) is 10.5. The Morgan fingerprint density at radius 1 is 1.19 bits per heavy atom. The lowest BCUT2D eigenvalue weighted by Crippen LogP contribution is -2.51. The van der Waals surface area contributed by atoms with Crippen LogP contribution in [-0.4, -0.2) is 48.2 Å². The van der Waals surface area contributed by atoms with Gasteiger partial charge in [-0.25, -0.2) is 0 Å². The lowest BCUT2D eigenvalue weighted by molar-refractivity contribution is -0.117. The maximum absolute atomic E-state index is 13.0. The number of piperidine rings is 1. The fraction of sp³-hybridized carbons (Fsp3) is 0.640. The molecule has 5 aliphatic rings. The Morgan fingerprint density at radius 2 is 2.00 bits per heavy atom. The molecule has 2 aliphatic heterocycles. The van der Waals surface area contributed by atoms with Crippen LogP contribution in [0.5, 0.6) is 0 Å². The van der Waals surface area contributed by atoms with Crippen LogP contribution in [0.3, 0.4) is 0 Å². The molecule has 3 aliphatic carbocycles. The first-order valence-corrected chi connectivity index (χ1v) is 12.1. The Kier molecular flexibility index (Phi) is 5.69. The lowest BCUT2D eigenvalue weighted by Gasteiger charge is -2.41. The van der Waals surface area contributed by atoms with Gasteiger partial charge in [0, 0.05) is 25.2 Å². The van der Waals surface area contributed by atoms with E-state index in [1.165, 1.54) is 31.3 Å². The zero-order valence-corrected chi connectivity index (χ0v) is 18.9. The summed E-state index contributed by atoms with van der Waals surface area (Å²) in [6.07, 6.45) is 16.1. The minimum atomic E-state index is -0.377. The molecule has 5 unspecified atom stereocenters. The van der Waals surface area contributed by atoms with Crippen molar-refractivity contribution in [2.45, 2.75) is 76.7 Å². The van der Waals surface area contributed by atoms with Gasteiger partial charge in [0.2, 0.25) is 0 Å². The summed E-state index contributed by atoms with van der Waals surface area (Å²) in [6, 6.07) is 1.45. The van der Waals surface area contributed by atoms with Gasteiger partial charge >= 0.3 is 0 Å². The first-order chi connectivity index (χ1) is 15.0. The molecule has 2 bridgehead atoms. The van der Waals surface area contributed by atoms with Crippen LogP contribution < -0.4 is 21.7 Å². The summed E-state index contributed by atoms with van der Waals surface area (Å²) >= 11 is 0. The van der Waals surface area contributed by atoms with Crippen molar-refractivity contribution in [1.29, 1.82) is 0 Å². The minimum absolute atomic E-state index is 0.105. The maximum atomic E-state index is 13.0. The third-order valence-electron chi connectivity index (χ3n) is 7.77. The van der Waals surface area contributed by atoms with E-state index in [9.17, 15) is 4.79 Å². The normalized spacial score (nSPS) is 33.6. The average Bonchev–Trinajstić information content (AvgIpc) is 3.36. The number of nitrogens with one attached hydrogen (secondary N) is 3. The standard InChI is InChI=1S/C25H37N5O/c1-15-3-6-22-19(11-15)14-21(25(31)27-16(2)26)24(29-22)30-9-7-20(8-10-30)28-23-13-17-4-5-18(23)12-17/h3,6,11,14,16-18,20,22-23,28-29H,4-5,7-10,12-13,26H2,1-2H3,(H,27,31). The number of nitrogens with zero attached hydrogens (tertiary/aromatic N) is 1. The van der Waals surface area contributed by atoms with Crippen LogP contribution in [-0.2, 0) is 4.79 Å². The van der Waals surface area contributed by atoms with Gasteiger partial charge in [-0.2, -0.15) is 0 Å². The number of hydrogen-bond donors (Lipinski definition) is 4. The van der Waals surface area contributed by atoms with Crippen LogP contribution in [0.4, 0.5) is 0 Å². The molecule has 31 heavy (non-hydrogen) atoms. The summed E-state index contributed by atoms with van der Waals surface area (Å²) in [6.45, 7) is 5.81. The largest absolute Gasteiger partial charge is 0.361 e. The third kappa shape index (κ3) is 4.33. The molecule has 0 aromatic rings. The molecule has 0 radical (unpaired) electrons. The maximum Gasteiger partial charge on any atom is 0.256 e. The van der Waals surface area contributed by atoms with E-state index in [1.54, 1.807) is 6.92 Å². The van der Waals surface area contributed by atoms with Gasteiger partial charge in [0.15, 0.2) is 0 Å². The molecule has 3 fully saturated rings. The van der Waals surface area contributed by atoms with E-state index in [1.807, 2.05) is 6.08 Å². The third-order valence-corrected chi connectivity index (χ3v) is 7.77. The molecule has 1 saturated heterocycles. The monoisotopic (exact) mass is 423 g/mol. The molecule has 6 heteroatoms. The minimum Gasteiger partial charge on any atom is -0.361 e. The molecule has 5 rings (SSSR count). The van der Waals surface area contributed by atoms with Crippen LogP contribution >= 0.6 is 0 Å². The second-order valence-corrected chi connectivity index (χ2v) is 10.2. The molecular formula is C25H37N5O. The average molecular weight is 424 g/mol. The first-order valence-electron chi connectivity index (χ1n) is 12.1. The topological polar surface area (TPSA) is 82.4 Å². The van der Waals surface area contributed by atoms with Crippen molar-refractivity contribution in [3.8, 4) is 0 Å². The number of carbonyl (C=O) groups excluding carboxylic acids is 1. The number of likely N-dealkylation sites (tertiary alicyclic amines) is 1. The number of nitrogens with two attached hydrogens (primary N) is 1. The number of amides is 1. The molecule has 5 atom stereocenters. The van der Waals surface area contributed by atoms with Crippen molar-refractivity contribution in [1.82, 2.24) is 20.9 Å². The highest BCUT2D eigenvalue weighted by Crippen LogP contribution is 2.44. The van der Waals surface area contributed by atoms with E-state index < -0.39 is 0 Å². The SMILES string of the molecule is CC1=CC2=CC(C(=O)NC(C)N)=C(N3CCC(NC4CC5CCC4C5)CC3)NC2C=C1. The number of rotatable bonds is 5. The van der Waals surface area contributed by atoms with Gasteiger partial charge < -0.3 is 26.6 Å². The molecule has 0 aromatic heterocycles. The number of carbonyl (C=O) groups is 1. The molecular weight excluding hydrogens is 386 g/mol. The molecule has 6 nitrogen and oxygen atoms in total. The Hall–Kier alpha value is -2.05. The second-order valence-electron chi connectivity index (χ2n) is 10.2. The predicted octanol–water partition coefficient (Wildman–Crippen LogP) is 2.28. The van der Waals surface area contributed by atoms with Gasteiger partial charge in [-0.05, 0) is 69.4 Å². The molecule has 1 amide bonds. The van der Waals surface area contributed by atoms with Crippen LogP contribution in [0.25, 0.3) is 0 Å². The van der Waals surface area contributed by atoms with E-state index in [2.05, 4.69) is 46.0 Å². The summed E-state index contributed by atoms with van der Waals surface area (Å²) in [5.41, 5.74) is 8.89. The van der Waals surface area contributed by atoms with Crippen molar-refractivity contribution in [3.63, 3.8) is 0 Å². The van der Waals surface area contributed by atoms with Crippen molar-refractivity contribution in [2.24, 2.45) is 17.6 Å². The van der Waals surface area contributed by atoms with Gasteiger partial charge in [-0.15, -0.1) is 0 Å². The highest BCUT2D eigenvalue weighted by Gasteiger charge is 2.40. The fourth-order valence-electron chi connectivity index (χ4n) is 6.22. The predicted molar refractivity (Wildman–Crippen MR) is 124 cm³/mol. The lowest BCUT2D eigenvalue weighted by atomic mass is 9.91. The molecule has 2 heterocycles. The van der Waals surface area contributed by atoms with Gasteiger partial charge in [-0.1, -0.05) is 30.2 Å². The summed E-state index contributed by atoms with van der Waals surface area (Å²) in [7, 11) is 0. The van der Waals surface area contributed by atoms with Gasteiger partial charge in [0.25, 0.3) is 5.91 Å². The van der Waals surface area contributed by atoms with Crippen LogP contribution in [0.15, 0.2) is 46.8 Å². The molecule has 0 spiro atoms. The van der Waals surface area contributed by atoms with E-state index >= 15 is 0 Å². The molecule has 0 aromatic carbocycles. The second kappa shape index (κ2) is 8.47. The zero-order chi connectivity index (χ0) is 21.5. The number of fused-ring (bicyclic) bond motifs is 3.